The van der Waals surface area contributed by atoms with Gasteiger partial charge in [0.2, 0.25) is 5.91 Å². The first kappa shape index (κ1) is 13.4. The minimum atomic E-state index is -0.626. The van der Waals surface area contributed by atoms with Crippen LogP contribution >= 0.6 is 0 Å². The highest BCUT2D eigenvalue weighted by Gasteiger charge is 2.18. The summed E-state index contributed by atoms with van der Waals surface area (Å²) in [6, 6.07) is 4.86. The minimum Gasteiger partial charge on any atom is -0.394 e. The van der Waals surface area contributed by atoms with Crippen molar-refractivity contribution in [2.75, 3.05) is 6.61 Å². The third-order valence-electron chi connectivity index (χ3n) is 2.35. The van der Waals surface area contributed by atoms with Crippen LogP contribution in [0.2, 0.25) is 0 Å². The molecule has 5 heteroatoms. The zero-order valence-electron chi connectivity index (χ0n) is 10.1. The lowest BCUT2D eigenvalue weighted by molar-refractivity contribution is -0.123. The lowest BCUT2D eigenvalue weighted by Gasteiger charge is -2.23. The molecule has 0 unspecified atom stereocenters. The van der Waals surface area contributed by atoms with Gasteiger partial charge in [-0.15, -0.1) is 0 Å². The van der Waals surface area contributed by atoms with Crippen LogP contribution in [-0.4, -0.2) is 27.7 Å². The fourth-order valence-electron chi connectivity index (χ4n) is 1.35. The van der Waals surface area contributed by atoms with E-state index in [4.69, 9.17) is 5.11 Å². The molecule has 0 aromatic carbocycles. The lowest BCUT2D eigenvalue weighted by atomic mass is 10.1. The fraction of sp³-hybridized carbons (Fsp3) is 0.500. The standard InChI is InChI=1S/C12H18N2O3/c1-12(2,9-15)13-10(16)6-8-14-7-4-3-5-11(14)17/h3-5,7,15H,6,8-9H2,1-2H3,(H,13,16). The summed E-state index contributed by atoms with van der Waals surface area (Å²) in [5, 5.41) is 11.7. The van der Waals surface area contributed by atoms with E-state index in [-0.39, 0.29) is 24.5 Å². The predicted molar refractivity (Wildman–Crippen MR) is 64.6 cm³/mol. The van der Waals surface area contributed by atoms with Crippen LogP contribution in [0.4, 0.5) is 0 Å². The van der Waals surface area contributed by atoms with E-state index in [1.165, 1.54) is 10.6 Å². The number of nitrogens with one attached hydrogen (secondary N) is 1. The van der Waals surface area contributed by atoms with Gasteiger partial charge in [-0.25, -0.2) is 0 Å². The van der Waals surface area contributed by atoms with Gasteiger partial charge in [0.05, 0.1) is 12.1 Å². The molecule has 0 saturated carbocycles. The number of nitrogens with zero attached hydrogens (tertiary/aromatic N) is 1. The maximum atomic E-state index is 11.6. The highest BCUT2D eigenvalue weighted by atomic mass is 16.3. The third-order valence-corrected chi connectivity index (χ3v) is 2.35. The van der Waals surface area contributed by atoms with Crippen LogP contribution in [0.25, 0.3) is 0 Å². The molecule has 0 atom stereocenters. The van der Waals surface area contributed by atoms with Crippen molar-refractivity contribution >= 4 is 5.91 Å². The van der Waals surface area contributed by atoms with Crippen LogP contribution < -0.4 is 10.9 Å². The van der Waals surface area contributed by atoms with Crippen molar-refractivity contribution in [1.29, 1.82) is 0 Å². The van der Waals surface area contributed by atoms with Crippen molar-refractivity contribution in [2.24, 2.45) is 0 Å². The van der Waals surface area contributed by atoms with Crippen LogP contribution in [0, 0.1) is 0 Å². The molecule has 0 aliphatic rings. The maximum Gasteiger partial charge on any atom is 0.250 e. The number of aliphatic hydroxyl groups is 1. The van der Waals surface area contributed by atoms with Crippen LogP contribution in [0.15, 0.2) is 29.2 Å². The number of carbonyl (C=O) groups is 1. The monoisotopic (exact) mass is 238 g/mol. The van der Waals surface area contributed by atoms with E-state index in [1.807, 2.05) is 0 Å². The Hall–Kier alpha value is -1.62. The smallest absolute Gasteiger partial charge is 0.250 e. The van der Waals surface area contributed by atoms with Crippen molar-refractivity contribution in [3.05, 3.63) is 34.7 Å². The number of aliphatic hydroxyl groups excluding tert-OH is 1. The molecule has 1 amide bonds. The first-order valence-electron chi connectivity index (χ1n) is 5.52. The Morgan fingerprint density at radius 3 is 2.76 bits per heavy atom. The molecule has 1 aromatic rings. The summed E-state index contributed by atoms with van der Waals surface area (Å²) < 4.78 is 1.48. The van der Waals surface area contributed by atoms with E-state index in [9.17, 15) is 9.59 Å². The van der Waals surface area contributed by atoms with Gasteiger partial charge < -0.3 is 15.0 Å². The zero-order valence-corrected chi connectivity index (χ0v) is 10.1. The first-order chi connectivity index (χ1) is 7.94. The molecule has 0 aliphatic carbocycles. The minimum absolute atomic E-state index is 0.121. The quantitative estimate of drug-likeness (QED) is 0.765. The molecule has 1 aromatic heterocycles. The van der Waals surface area contributed by atoms with Crippen molar-refractivity contribution in [3.8, 4) is 0 Å². The summed E-state index contributed by atoms with van der Waals surface area (Å²) in [7, 11) is 0. The van der Waals surface area contributed by atoms with Gasteiger partial charge in [0.15, 0.2) is 0 Å². The van der Waals surface area contributed by atoms with Gasteiger partial charge >= 0.3 is 0 Å². The Balaban J connectivity index is 2.50. The number of pyridine rings is 1. The average molecular weight is 238 g/mol. The van der Waals surface area contributed by atoms with Gasteiger partial charge in [0.25, 0.3) is 5.56 Å². The normalized spacial score (nSPS) is 11.2. The Bertz CT molecular complexity index is 437. The molecule has 0 radical (unpaired) electrons. The van der Waals surface area contributed by atoms with Crippen molar-refractivity contribution in [3.63, 3.8) is 0 Å². The Morgan fingerprint density at radius 1 is 1.47 bits per heavy atom. The van der Waals surface area contributed by atoms with E-state index < -0.39 is 5.54 Å². The topological polar surface area (TPSA) is 71.3 Å². The summed E-state index contributed by atoms with van der Waals surface area (Å²) in [4.78, 5) is 22.9. The molecular weight excluding hydrogens is 220 g/mol. The van der Waals surface area contributed by atoms with Crippen LogP contribution in [-0.2, 0) is 11.3 Å². The number of amides is 1. The molecule has 1 rings (SSSR count). The van der Waals surface area contributed by atoms with E-state index >= 15 is 0 Å². The molecule has 1 heterocycles. The first-order valence-corrected chi connectivity index (χ1v) is 5.52. The predicted octanol–water partition coefficient (Wildman–Crippen LogP) is 0.125. The average Bonchev–Trinajstić information content (AvgIpc) is 2.27. The lowest BCUT2D eigenvalue weighted by Crippen LogP contribution is -2.46. The summed E-state index contributed by atoms with van der Waals surface area (Å²) in [6.45, 7) is 3.69. The van der Waals surface area contributed by atoms with Crippen LogP contribution in [0.3, 0.4) is 0 Å². The van der Waals surface area contributed by atoms with Crippen molar-refractivity contribution < 1.29 is 9.90 Å². The molecule has 0 saturated heterocycles. The second-order valence-corrected chi connectivity index (χ2v) is 4.57. The highest BCUT2D eigenvalue weighted by molar-refractivity contribution is 5.76. The molecule has 0 fully saturated rings. The number of hydrogen-bond donors (Lipinski definition) is 2. The summed E-state index contributed by atoms with van der Waals surface area (Å²) >= 11 is 0. The number of hydrogen-bond acceptors (Lipinski definition) is 3. The second-order valence-electron chi connectivity index (χ2n) is 4.57. The second kappa shape index (κ2) is 5.63. The van der Waals surface area contributed by atoms with Crippen molar-refractivity contribution in [2.45, 2.75) is 32.4 Å². The van der Waals surface area contributed by atoms with Crippen LogP contribution in [0.5, 0.6) is 0 Å². The largest absolute Gasteiger partial charge is 0.394 e. The van der Waals surface area contributed by atoms with Crippen LogP contribution in [0.1, 0.15) is 20.3 Å². The number of aromatic nitrogens is 1. The zero-order chi connectivity index (χ0) is 12.9. The fourth-order valence-corrected chi connectivity index (χ4v) is 1.35. The van der Waals surface area contributed by atoms with Gasteiger partial charge in [-0.1, -0.05) is 6.07 Å². The highest BCUT2D eigenvalue weighted by Crippen LogP contribution is 2.00. The Kier molecular flexibility index (Phi) is 4.45. The Labute approximate surface area is 100 Å². The molecule has 0 aliphatic heterocycles. The maximum absolute atomic E-state index is 11.6. The van der Waals surface area contributed by atoms with E-state index in [0.717, 1.165) is 0 Å². The molecule has 0 spiro atoms. The molecule has 94 valence electrons. The van der Waals surface area contributed by atoms with Gasteiger partial charge in [0, 0.05) is 25.2 Å². The number of aryl methyl sites for hydroxylation is 1. The summed E-state index contributed by atoms with van der Waals surface area (Å²) in [5.74, 6) is -0.181. The molecule has 0 bridgehead atoms. The van der Waals surface area contributed by atoms with Gasteiger partial charge in [-0.3, -0.25) is 9.59 Å². The van der Waals surface area contributed by atoms with E-state index in [0.29, 0.717) is 6.54 Å². The van der Waals surface area contributed by atoms with Crippen molar-refractivity contribution in [1.82, 2.24) is 9.88 Å². The van der Waals surface area contributed by atoms with Gasteiger partial charge in [-0.2, -0.15) is 0 Å². The SMILES string of the molecule is CC(C)(CO)NC(=O)CCn1ccccc1=O. The Morgan fingerprint density at radius 2 is 2.18 bits per heavy atom. The van der Waals surface area contributed by atoms with Gasteiger partial charge in [0.1, 0.15) is 0 Å². The molecule has 2 N–H and O–H groups in total. The van der Waals surface area contributed by atoms with E-state index in [2.05, 4.69) is 5.32 Å². The third kappa shape index (κ3) is 4.40. The summed E-state index contributed by atoms with van der Waals surface area (Å²) in [6.07, 6.45) is 1.86. The number of rotatable bonds is 5. The summed E-state index contributed by atoms with van der Waals surface area (Å²) in [5.41, 5.74) is -0.750. The van der Waals surface area contributed by atoms with Gasteiger partial charge in [-0.05, 0) is 19.9 Å². The number of carbonyl (C=O) groups excluding carboxylic acids is 1. The molecule has 17 heavy (non-hydrogen) atoms. The van der Waals surface area contributed by atoms with E-state index in [1.54, 1.807) is 32.2 Å². The molecular formula is C12H18N2O3. The molecule has 5 nitrogen and oxygen atoms in total.